The third kappa shape index (κ3) is 7.35. The van der Waals surface area contributed by atoms with E-state index in [1.165, 1.54) is 119 Å². The number of ether oxygens (including phenoxy) is 2. The molecule has 55 heavy (non-hydrogen) atoms. The first-order chi connectivity index (χ1) is 26.5. The summed E-state index contributed by atoms with van der Waals surface area (Å²) in [7, 11) is 0. The van der Waals surface area contributed by atoms with Crippen molar-refractivity contribution in [3.8, 4) is 11.5 Å². The van der Waals surface area contributed by atoms with Gasteiger partial charge in [-0.15, -0.1) is 0 Å². The summed E-state index contributed by atoms with van der Waals surface area (Å²) in [6, 6.07) is 11.8. The molecule has 0 radical (unpaired) electrons. The van der Waals surface area contributed by atoms with Crippen LogP contribution in [0.25, 0.3) is 0 Å². The Labute approximate surface area is 330 Å². The molecule has 2 aromatic rings. The zero-order valence-electron chi connectivity index (χ0n) is 34.2. The smallest absolute Gasteiger partial charge is 0.302 e. The van der Waals surface area contributed by atoms with E-state index in [2.05, 4.69) is 26.0 Å². The Morgan fingerprint density at radius 3 is 1.40 bits per heavy atom. The maximum Gasteiger partial charge on any atom is 0.302 e. The van der Waals surface area contributed by atoms with E-state index in [4.69, 9.17) is 9.47 Å². The maximum absolute atomic E-state index is 12.2. The summed E-state index contributed by atoms with van der Waals surface area (Å²) in [5, 5.41) is 20.4. The molecule has 0 aliphatic heterocycles. The minimum absolute atomic E-state index is 0.0835. The quantitative estimate of drug-likeness (QED) is 0.166. The summed E-state index contributed by atoms with van der Waals surface area (Å²) in [6.07, 6.45) is 23.3. The third-order valence-electron chi connectivity index (χ3n) is 17.1. The van der Waals surface area contributed by atoms with E-state index in [1.54, 1.807) is 13.8 Å². The molecule has 6 aliphatic rings. The van der Waals surface area contributed by atoms with Gasteiger partial charge in [-0.1, -0.05) is 70.9 Å². The summed E-state index contributed by atoms with van der Waals surface area (Å²) >= 11 is 0. The number of hydrogen-bond donors (Lipinski definition) is 2. The van der Waals surface area contributed by atoms with Crippen molar-refractivity contribution in [1.82, 2.24) is 0 Å². The molecule has 0 bridgehead atoms. The molecule has 300 valence electrons. The second-order valence-electron chi connectivity index (χ2n) is 19.7. The fourth-order valence-electron chi connectivity index (χ4n) is 14.6. The van der Waals surface area contributed by atoms with Gasteiger partial charge >= 0.3 is 11.9 Å². The molecule has 0 saturated heterocycles. The average molecular weight is 753 g/mol. The molecular formula is C49H68O6. The summed E-state index contributed by atoms with van der Waals surface area (Å²) in [5.74, 6) is 4.61. The van der Waals surface area contributed by atoms with Crippen molar-refractivity contribution in [2.75, 3.05) is 0 Å². The average Bonchev–Trinajstić information content (AvgIpc) is 3.65. The number of benzene rings is 2. The predicted octanol–water partition coefficient (Wildman–Crippen LogP) is 11.3. The SMILES string of the molecule is CC(=O)OC1Cc2cc(O)ccc2C2CC[C@@]3(C)[C@@H](CCCCCCCCC[C@H]4CC[C@H]5[C@H]6C(OC(C)=O)Cc7cc(O)ccc7[C@H]6CC[C@@]45C)CC[C@H]3C12. The Kier molecular flexibility index (Phi) is 11.1. The number of hydrogen-bond acceptors (Lipinski definition) is 6. The Hall–Kier alpha value is -3.02. The minimum atomic E-state index is -0.177. The lowest BCUT2D eigenvalue weighted by Crippen LogP contribution is -2.49. The highest BCUT2D eigenvalue weighted by molar-refractivity contribution is 5.66. The first-order valence-corrected chi connectivity index (χ1v) is 22.4. The summed E-state index contributed by atoms with van der Waals surface area (Å²) in [4.78, 5) is 24.5. The maximum atomic E-state index is 12.2. The standard InChI is InChI=1S/C49H68O6/c1-30(50)54-44-28-32-26-36(52)16-18-38(32)40-22-24-48(3)34(14-20-42(48)46(40)44)12-10-8-6-5-7-9-11-13-35-15-21-43-47-41(23-25-49(35,43)4)39-19-17-37(53)27-33(39)29-45(47)55-31(2)51/h16-19,26-27,34-35,40-47,52-53H,5-15,20-25,28-29H2,1-4H3/t34-,35-,40+,41?,42-,43-,44?,45?,46-,47?,48-,49-/m0/s1. The molecule has 0 aromatic heterocycles. The number of carbonyl (C=O) groups is 2. The van der Waals surface area contributed by atoms with Gasteiger partial charge in [0.05, 0.1) is 0 Å². The third-order valence-corrected chi connectivity index (χ3v) is 17.1. The topological polar surface area (TPSA) is 93.1 Å². The molecule has 0 amide bonds. The van der Waals surface area contributed by atoms with Gasteiger partial charge in [0.2, 0.25) is 0 Å². The number of rotatable bonds is 12. The van der Waals surface area contributed by atoms with Crippen LogP contribution in [0.3, 0.4) is 0 Å². The molecule has 0 heterocycles. The van der Waals surface area contributed by atoms with Crippen molar-refractivity contribution >= 4 is 11.9 Å². The van der Waals surface area contributed by atoms with Gasteiger partial charge < -0.3 is 19.7 Å². The van der Waals surface area contributed by atoms with Gasteiger partial charge in [-0.05, 0) is 157 Å². The van der Waals surface area contributed by atoms with Crippen LogP contribution in [-0.4, -0.2) is 34.4 Å². The highest BCUT2D eigenvalue weighted by Gasteiger charge is 2.59. The van der Waals surface area contributed by atoms with E-state index >= 15 is 0 Å². The highest BCUT2D eigenvalue weighted by atomic mass is 16.5. The number of carbonyl (C=O) groups excluding carboxylic acids is 2. The lowest BCUT2D eigenvalue weighted by Gasteiger charge is -2.53. The predicted molar refractivity (Wildman–Crippen MR) is 216 cm³/mol. The van der Waals surface area contributed by atoms with Crippen molar-refractivity contribution < 1.29 is 29.3 Å². The van der Waals surface area contributed by atoms with Crippen LogP contribution in [0, 0.1) is 46.3 Å². The number of phenolic OH excluding ortho intramolecular Hbond substituents is 2. The van der Waals surface area contributed by atoms with Crippen LogP contribution in [0.15, 0.2) is 36.4 Å². The van der Waals surface area contributed by atoms with Gasteiger partial charge in [0.25, 0.3) is 0 Å². The molecule has 6 nitrogen and oxygen atoms in total. The summed E-state index contributed by atoms with van der Waals surface area (Å²) in [5.41, 5.74) is 5.76. The van der Waals surface area contributed by atoms with Gasteiger partial charge in [0.15, 0.2) is 0 Å². The van der Waals surface area contributed by atoms with Crippen LogP contribution in [0.5, 0.6) is 11.5 Å². The van der Waals surface area contributed by atoms with Gasteiger partial charge in [-0.25, -0.2) is 0 Å². The van der Waals surface area contributed by atoms with Gasteiger partial charge in [-0.2, -0.15) is 0 Å². The van der Waals surface area contributed by atoms with E-state index in [0.29, 0.717) is 57.8 Å². The van der Waals surface area contributed by atoms with Crippen LogP contribution in [0.2, 0.25) is 0 Å². The first kappa shape index (κ1) is 38.8. The molecule has 2 aromatic carbocycles. The molecule has 6 aliphatic carbocycles. The Morgan fingerprint density at radius 1 is 0.600 bits per heavy atom. The number of unbranched alkanes of at least 4 members (excludes halogenated alkanes) is 6. The van der Waals surface area contributed by atoms with Crippen LogP contribution in [-0.2, 0) is 31.9 Å². The number of aromatic hydroxyl groups is 2. The van der Waals surface area contributed by atoms with Gasteiger partial charge in [0, 0.05) is 38.5 Å². The molecule has 8 rings (SSSR count). The summed E-state index contributed by atoms with van der Waals surface area (Å²) < 4.78 is 12.1. The molecule has 4 unspecified atom stereocenters. The number of fused-ring (bicyclic) bond motifs is 10. The monoisotopic (exact) mass is 753 g/mol. The number of phenols is 2. The van der Waals surface area contributed by atoms with Crippen molar-refractivity contribution in [2.24, 2.45) is 46.3 Å². The Balaban J connectivity index is 0.778. The normalized spacial score (nSPS) is 37.1. The molecule has 4 fully saturated rings. The molecule has 4 saturated carbocycles. The van der Waals surface area contributed by atoms with E-state index in [9.17, 15) is 19.8 Å². The fourth-order valence-corrected chi connectivity index (χ4v) is 14.6. The second kappa shape index (κ2) is 15.7. The van der Waals surface area contributed by atoms with E-state index < -0.39 is 0 Å². The van der Waals surface area contributed by atoms with E-state index in [1.807, 2.05) is 24.3 Å². The highest BCUT2D eigenvalue weighted by Crippen LogP contribution is 2.66. The lowest BCUT2D eigenvalue weighted by molar-refractivity contribution is -0.156. The molecule has 6 heteroatoms. The van der Waals surface area contributed by atoms with E-state index in [-0.39, 0.29) is 24.1 Å². The van der Waals surface area contributed by atoms with Crippen molar-refractivity contribution in [1.29, 1.82) is 0 Å². The van der Waals surface area contributed by atoms with Crippen LogP contribution in [0.1, 0.15) is 171 Å². The first-order valence-electron chi connectivity index (χ1n) is 22.4. The molecule has 12 atom stereocenters. The largest absolute Gasteiger partial charge is 0.508 e. The minimum Gasteiger partial charge on any atom is -0.508 e. The van der Waals surface area contributed by atoms with Crippen LogP contribution < -0.4 is 0 Å². The number of esters is 2. The van der Waals surface area contributed by atoms with Gasteiger partial charge in [0.1, 0.15) is 23.7 Å². The zero-order valence-corrected chi connectivity index (χ0v) is 34.2. The van der Waals surface area contributed by atoms with E-state index in [0.717, 1.165) is 37.5 Å². The zero-order chi connectivity index (χ0) is 38.5. The second-order valence-corrected chi connectivity index (χ2v) is 19.7. The van der Waals surface area contributed by atoms with Crippen LogP contribution in [0.4, 0.5) is 0 Å². The van der Waals surface area contributed by atoms with Crippen molar-refractivity contribution in [3.05, 3.63) is 58.7 Å². The van der Waals surface area contributed by atoms with Crippen molar-refractivity contribution in [3.63, 3.8) is 0 Å². The van der Waals surface area contributed by atoms with Gasteiger partial charge in [-0.3, -0.25) is 9.59 Å². The summed E-state index contributed by atoms with van der Waals surface area (Å²) in [6.45, 7) is 8.24. The van der Waals surface area contributed by atoms with Crippen molar-refractivity contribution in [2.45, 2.75) is 174 Å². The van der Waals surface area contributed by atoms with Crippen LogP contribution >= 0.6 is 0 Å². The molecule has 0 spiro atoms. The Bertz CT molecular complexity index is 1590. The fraction of sp³-hybridized carbons (Fsp3) is 0.714. The lowest BCUT2D eigenvalue weighted by atomic mass is 9.53. The molecule has 2 N–H and O–H groups in total. The Morgan fingerprint density at radius 2 is 1.00 bits per heavy atom. The molecular weight excluding hydrogens is 685 g/mol.